The van der Waals surface area contributed by atoms with Crippen LogP contribution in [0.2, 0.25) is 0 Å². The Morgan fingerprint density at radius 1 is 1.07 bits per heavy atom. The molecule has 0 bridgehead atoms. The Morgan fingerprint density at radius 2 is 1.50 bits per heavy atom. The molecule has 0 unspecified atom stereocenters. The third-order valence-electron chi connectivity index (χ3n) is 0.946. The molecule has 0 N–H and O–H groups in total. The molecule has 82 valence electrons. The summed E-state index contributed by atoms with van der Waals surface area (Å²) in [7, 11) is 5.35. The minimum Gasteiger partial charge on any atom is -0.442 e. The molecule has 0 atom stereocenters. The summed E-state index contributed by atoms with van der Waals surface area (Å²) in [4.78, 5) is 16.4. The molecule has 0 saturated heterocycles. The van der Waals surface area contributed by atoms with E-state index in [0.29, 0.717) is 5.06 Å². The van der Waals surface area contributed by atoms with Crippen molar-refractivity contribution in [1.29, 1.82) is 0 Å². The lowest BCUT2D eigenvalue weighted by molar-refractivity contribution is -0.186. The lowest BCUT2D eigenvalue weighted by Crippen LogP contribution is -2.37. The number of hydroxylamine groups is 2. The van der Waals surface area contributed by atoms with Crippen LogP contribution in [0.4, 0.5) is 4.79 Å². The zero-order valence-corrected chi connectivity index (χ0v) is 9.75. The molecule has 0 spiro atoms. The molecule has 0 fully saturated rings. The van der Waals surface area contributed by atoms with Gasteiger partial charge in [0.15, 0.2) is 0 Å². The quantitative estimate of drug-likeness (QED) is 0.483. The molecule has 0 aliphatic heterocycles. The molecular weight excluding hydrogens is 182 g/mol. The van der Waals surface area contributed by atoms with Crippen LogP contribution in [0, 0.1) is 7.05 Å². The number of hydrogen-bond donors (Lipinski definition) is 0. The normalized spacial score (nSPS) is 12.5. The van der Waals surface area contributed by atoms with E-state index in [1.807, 2.05) is 0 Å². The third-order valence-corrected chi connectivity index (χ3v) is 0.946. The van der Waals surface area contributed by atoms with Crippen LogP contribution < -0.4 is 0 Å². The summed E-state index contributed by atoms with van der Waals surface area (Å²) < 4.78 is 4.98. The van der Waals surface area contributed by atoms with Crippen LogP contribution in [0.5, 0.6) is 0 Å². The van der Waals surface area contributed by atoms with Crippen molar-refractivity contribution < 1.29 is 14.4 Å². The number of amides is 1. The molecule has 2 radical (unpaired) electrons. The monoisotopic (exact) mass is 201 g/mol. The van der Waals surface area contributed by atoms with Crippen molar-refractivity contribution in [3.63, 3.8) is 0 Å². The smallest absolute Gasteiger partial charge is 0.434 e. The first-order chi connectivity index (χ1) is 6.01. The summed E-state index contributed by atoms with van der Waals surface area (Å²) in [5, 5.41) is 0.616. The van der Waals surface area contributed by atoms with Gasteiger partial charge in [-0.25, -0.2) is 4.79 Å². The van der Waals surface area contributed by atoms with Gasteiger partial charge in [0.1, 0.15) is 12.6 Å². The van der Waals surface area contributed by atoms with Gasteiger partial charge in [-0.15, -0.1) is 0 Å². The second-order valence-electron chi connectivity index (χ2n) is 5.01. The molecule has 14 heavy (non-hydrogen) atoms. The average molecular weight is 201 g/mol. The maximum Gasteiger partial charge on any atom is 0.434 e. The highest BCUT2D eigenvalue weighted by Crippen LogP contribution is 2.14. The molecule has 0 rings (SSSR count). The highest BCUT2D eigenvalue weighted by atomic mass is 16.7. The highest BCUT2D eigenvalue weighted by Gasteiger charge is 2.24. The van der Waals surface area contributed by atoms with Crippen LogP contribution in [0.15, 0.2) is 0 Å². The Hall–Kier alpha value is -0.770. The second kappa shape index (κ2) is 4.17. The van der Waals surface area contributed by atoms with Crippen LogP contribution in [0.1, 0.15) is 41.5 Å². The van der Waals surface area contributed by atoms with Crippen molar-refractivity contribution in [3.8, 4) is 0 Å². The maximum absolute atomic E-state index is 11.3. The highest BCUT2D eigenvalue weighted by molar-refractivity contribution is 5.66. The summed E-state index contributed by atoms with van der Waals surface area (Å²) in [6, 6.07) is 0. The number of hydrogen-bond acceptors (Lipinski definition) is 3. The van der Waals surface area contributed by atoms with Crippen LogP contribution in [-0.2, 0) is 9.57 Å². The maximum atomic E-state index is 11.3. The van der Waals surface area contributed by atoms with Crippen molar-refractivity contribution in [2.45, 2.75) is 52.7 Å². The van der Waals surface area contributed by atoms with E-state index in [-0.39, 0.29) is 0 Å². The summed E-state index contributed by atoms with van der Waals surface area (Å²) in [6.45, 7) is 10.6. The number of carbonyl (C=O) groups is 1. The van der Waals surface area contributed by atoms with E-state index in [0.717, 1.165) is 0 Å². The number of carbonyl (C=O) groups excluding carboxylic acids is 1. The predicted molar refractivity (Wildman–Crippen MR) is 53.2 cm³/mol. The minimum atomic E-state index is -0.701. The lowest BCUT2D eigenvalue weighted by atomic mass is 10.2. The molecule has 0 aliphatic carbocycles. The van der Waals surface area contributed by atoms with Crippen LogP contribution in [-0.4, -0.2) is 22.4 Å². The molecule has 0 saturated carbocycles. The van der Waals surface area contributed by atoms with Gasteiger partial charge in [0.05, 0.1) is 5.60 Å². The molecule has 0 aliphatic rings. The fraction of sp³-hybridized carbons (Fsp3) is 0.800. The lowest BCUT2D eigenvalue weighted by Gasteiger charge is -2.28. The van der Waals surface area contributed by atoms with Crippen molar-refractivity contribution in [2.24, 2.45) is 0 Å². The Labute approximate surface area is 86.1 Å². The summed E-state index contributed by atoms with van der Waals surface area (Å²) in [6.07, 6.45) is -0.701. The topological polar surface area (TPSA) is 38.8 Å². The Bertz CT molecular complexity index is 200. The SMILES string of the molecule is [CH]N(OC(C)(C)C)C(=O)OC(C)(C)C. The first-order valence-electron chi connectivity index (χ1n) is 4.48. The minimum absolute atomic E-state index is 0.522. The summed E-state index contributed by atoms with van der Waals surface area (Å²) >= 11 is 0. The van der Waals surface area contributed by atoms with E-state index >= 15 is 0 Å². The van der Waals surface area contributed by atoms with Gasteiger partial charge in [-0.05, 0) is 41.5 Å². The van der Waals surface area contributed by atoms with E-state index in [2.05, 4.69) is 0 Å². The zero-order chi connectivity index (χ0) is 11.6. The van der Waals surface area contributed by atoms with E-state index in [1.54, 1.807) is 41.5 Å². The first-order valence-corrected chi connectivity index (χ1v) is 4.48. The third kappa shape index (κ3) is 6.71. The van der Waals surface area contributed by atoms with Gasteiger partial charge in [-0.3, -0.25) is 4.84 Å². The molecule has 0 heterocycles. The van der Waals surface area contributed by atoms with Gasteiger partial charge in [0, 0.05) is 0 Å². The predicted octanol–water partition coefficient (Wildman–Crippen LogP) is 2.62. The van der Waals surface area contributed by atoms with Crippen molar-refractivity contribution in [3.05, 3.63) is 7.05 Å². The molecule has 0 aromatic carbocycles. The van der Waals surface area contributed by atoms with Crippen molar-refractivity contribution in [2.75, 3.05) is 0 Å². The molecule has 4 nitrogen and oxygen atoms in total. The van der Waals surface area contributed by atoms with Crippen molar-refractivity contribution in [1.82, 2.24) is 5.06 Å². The molecule has 1 amide bonds. The number of rotatable bonds is 1. The van der Waals surface area contributed by atoms with E-state index < -0.39 is 17.3 Å². The fourth-order valence-corrected chi connectivity index (χ4v) is 0.639. The Balaban J connectivity index is 4.15. The second-order valence-corrected chi connectivity index (χ2v) is 5.01. The van der Waals surface area contributed by atoms with Crippen LogP contribution in [0.3, 0.4) is 0 Å². The zero-order valence-electron chi connectivity index (χ0n) is 9.75. The van der Waals surface area contributed by atoms with Gasteiger partial charge < -0.3 is 4.74 Å². The molecule has 0 aromatic rings. The summed E-state index contributed by atoms with van der Waals surface area (Å²) in [5.41, 5.74) is -1.10. The first kappa shape index (κ1) is 13.2. The largest absolute Gasteiger partial charge is 0.442 e. The Morgan fingerprint density at radius 3 is 1.79 bits per heavy atom. The number of ether oxygens (including phenoxy) is 1. The van der Waals surface area contributed by atoms with Gasteiger partial charge in [0.25, 0.3) is 0 Å². The van der Waals surface area contributed by atoms with E-state index in [4.69, 9.17) is 16.6 Å². The Kier molecular flexibility index (Phi) is 3.94. The van der Waals surface area contributed by atoms with E-state index in [9.17, 15) is 4.79 Å². The molecule has 4 heteroatoms. The molecule has 0 aromatic heterocycles. The standard InChI is InChI=1S/C10H19NO3/c1-9(2,3)13-8(12)11(7)14-10(4,5)6/h7H,1-6H3. The van der Waals surface area contributed by atoms with Crippen molar-refractivity contribution >= 4 is 6.09 Å². The fourth-order valence-electron chi connectivity index (χ4n) is 0.639. The van der Waals surface area contributed by atoms with Gasteiger partial charge in [-0.1, -0.05) is 0 Å². The van der Waals surface area contributed by atoms with Crippen LogP contribution >= 0.6 is 0 Å². The average Bonchev–Trinajstić information content (AvgIpc) is 1.78. The summed E-state index contributed by atoms with van der Waals surface area (Å²) in [5.74, 6) is 0. The van der Waals surface area contributed by atoms with Gasteiger partial charge in [0.2, 0.25) is 0 Å². The van der Waals surface area contributed by atoms with Gasteiger partial charge >= 0.3 is 6.09 Å². The molecular formula is C10H19NO3. The van der Waals surface area contributed by atoms with Gasteiger partial charge in [-0.2, -0.15) is 5.06 Å². The van der Waals surface area contributed by atoms with E-state index in [1.165, 1.54) is 0 Å². The van der Waals surface area contributed by atoms with Crippen LogP contribution in [0.25, 0.3) is 0 Å². The number of nitrogens with zero attached hydrogens (tertiary/aromatic N) is 1.